The molecule has 0 aromatic heterocycles. The number of alkyl halides is 2. The van der Waals surface area contributed by atoms with Crippen LogP contribution in [0.1, 0.15) is 18.9 Å². The second-order valence-electron chi connectivity index (χ2n) is 3.88. The molecule has 0 unspecified atom stereocenters. The van der Waals surface area contributed by atoms with E-state index in [9.17, 15) is 4.79 Å². The highest BCUT2D eigenvalue weighted by Crippen LogP contribution is 2.65. The van der Waals surface area contributed by atoms with E-state index in [1.807, 2.05) is 6.92 Å². The summed E-state index contributed by atoms with van der Waals surface area (Å²) in [5.74, 6) is 0.757. The number of carbonyl (C=O) groups excluding carboxylic acids is 1. The van der Waals surface area contributed by atoms with Gasteiger partial charge in [-0.1, -0.05) is 35.3 Å². The lowest BCUT2D eigenvalue weighted by Crippen LogP contribution is -2.18. The van der Waals surface area contributed by atoms with Crippen molar-refractivity contribution in [2.45, 2.75) is 23.3 Å². The zero-order valence-corrected chi connectivity index (χ0v) is 10.8. The molecule has 1 aliphatic carbocycles. The standard InChI is InChI=1S/C12H12Cl2O3/c1-2-16-10-5-3-9(4-6-10)11(17-8-15)7-12(11,13)14/h3-6,8H,2,7H2,1H3/t11-/m1/s1. The Bertz CT molecular complexity index is 416. The fraction of sp³-hybridized carbons (Fsp3) is 0.417. The highest BCUT2D eigenvalue weighted by Gasteiger charge is 2.70. The van der Waals surface area contributed by atoms with Gasteiger partial charge in [-0.15, -0.1) is 0 Å². The minimum Gasteiger partial charge on any atom is -0.494 e. The van der Waals surface area contributed by atoms with Crippen LogP contribution >= 0.6 is 23.2 Å². The van der Waals surface area contributed by atoms with Gasteiger partial charge in [0.25, 0.3) is 6.47 Å². The Balaban J connectivity index is 2.24. The second-order valence-corrected chi connectivity index (χ2v) is 5.36. The third-order valence-corrected chi connectivity index (χ3v) is 3.70. The summed E-state index contributed by atoms with van der Waals surface area (Å²) < 4.78 is 9.35. The van der Waals surface area contributed by atoms with Gasteiger partial charge >= 0.3 is 0 Å². The monoisotopic (exact) mass is 274 g/mol. The number of benzene rings is 1. The molecular weight excluding hydrogens is 263 g/mol. The summed E-state index contributed by atoms with van der Waals surface area (Å²) in [7, 11) is 0. The highest BCUT2D eigenvalue weighted by molar-refractivity contribution is 6.52. The van der Waals surface area contributed by atoms with E-state index in [1.165, 1.54) is 0 Å². The maximum absolute atomic E-state index is 10.5. The topological polar surface area (TPSA) is 35.5 Å². The van der Waals surface area contributed by atoms with Crippen molar-refractivity contribution in [3.05, 3.63) is 29.8 Å². The van der Waals surface area contributed by atoms with Gasteiger partial charge in [0.1, 0.15) is 5.75 Å². The van der Waals surface area contributed by atoms with Gasteiger partial charge < -0.3 is 9.47 Å². The zero-order valence-electron chi connectivity index (χ0n) is 9.28. The van der Waals surface area contributed by atoms with E-state index in [1.54, 1.807) is 24.3 Å². The Morgan fingerprint density at radius 3 is 2.35 bits per heavy atom. The maximum Gasteiger partial charge on any atom is 0.294 e. The lowest BCUT2D eigenvalue weighted by molar-refractivity contribution is -0.136. The van der Waals surface area contributed by atoms with Gasteiger partial charge in [-0.3, -0.25) is 4.79 Å². The Morgan fingerprint density at radius 2 is 1.94 bits per heavy atom. The van der Waals surface area contributed by atoms with Gasteiger partial charge in [-0.2, -0.15) is 0 Å². The van der Waals surface area contributed by atoms with Gasteiger partial charge in [0.2, 0.25) is 0 Å². The minimum atomic E-state index is -1.04. The smallest absolute Gasteiger partial charge is 0.294 e. The van der Waals surface area contributed by atoms with E-state index < -0.39 is 9.93 Å². The van der Waals surface area contributed by atoms with Crippen LogP contribution in [0.4, 0.5) is 0 Å². The van der Waals surface area contributed by atoms with Crippen LogP contribution in [0.3, 0.4) is 0 Å². The van der Waals surface area contributed by atoms with Gasteiger partial charge in [-0.25, -0.2) is 0 Å². The normalized spacial score (nSPS) is 25.1. The molecule has 0 heterocycles. The molecule has 1 aliphatic rings. The van der Waals surface area contributed by atoms with Crippen molar-refractivity contribution >= 4 is 29.7 Å². The van der Waals surface area contributed by atoms with Crippen LogP contribution in [0, 0.1) is 0 Å². The SMILES string of the molecule is CCOc1ccc([C@]2(OC=O)CC2(Cl)Cl)cc1. The molecule has 2 rings (SSSR count). The Kier molecular flexibility index (Phi) is 3.23. The van der Waals surface area contributed by atoms with Crippen molar-refractivity contribution in [3.8, 4) is 5.75 Å². The Labute approximate surface area is 110 Å². The summed E-state index contributed by atoms with van der Waals surface area (Å²) in [6, 6.07) is 7.22. The molecule has 0 aliphatic heterocycles. The third-order valence-electron chi connectivity index (χ3n) is 2.82. The minimum absolute atomic E-state index is 0.378. The van der Waals surface area contributed by atoms with Crippen molar-refractivity contribution in [1.82, 2.24) is 0 Å². The van der Waals surface area contributed by atoms with Crippen molar-refractivity contribution in [1.29, 1.82) is 0 Å². The lowest BCUT2D eigenvalue weighted by atomic mass is 10.1. The third kappa shape index (κ3) is 2.09. The molecule has 17 heavy (non-hydrogen) atoms. The summed E-state index contributed by atoms with van der Waals surface area (Å²) in [5, 5.41) is 0. The molecule has 1 aromatic carbocycles. The molecule has 0 bridgehead atoms. The van der Waals surface area contributed by atoms with Crippen molar-refractivity contribution in [3.63, 3.8) is 0 Å². The summed E-state index contributed by atoms with van der Waals surface area (Å²) in [6.07, 6.45) is 0.399. The van der Waals surface area contributed by atoms with Crippen LogP contribution in [-0.2, 0) is 15.1 Å². The number of hydrogen-bond donors (Lipinski definition) is 0. The predicted molar refractivity (Wildman–Crippen MR) is 65.5 cm³/mol. The first-order valence-corrected chi connectivity index (χ1v) is 6.04. The second kappa shape index (κ2) is 4.39. The van der Waals surface area contributed by atoms with E-state index in [0.717, 1.165) is 11.3 Å². The lowest BCUT2D eigenvalue weighted by Gasteiger charge is -2.17. The summed E-state index contributed by atoms with van der Waals surface area (Å²) in [5.41, 5.74) is -0.138. The van der Waals surface area contributed by atoms with Crippen LogP contribution in [0.2, 0.25) is 0 Å². The van der Waals surface area contributed by atoms with Gasteiger partial charge in [0.15, 0.2) is 9.93 Å². The van der Waals surface area contributed by atoms with Crippen LogP contribution in [-0.4, -0.2) is 17.4 Å². The highest BCUT2D eigenvalue weighted by atomic mass is 35.5. The summed E-state index contributed by atoms with van der Waals surface area (Å²) in [4.78, 5) is 10.5. The van der Waals surface area contributed by atoms with E-state index in [0.29, 0.717) is 19.5 Å². The zero-order chi connectivity index (χ0) is 12.5. The number of ether oxygens (including phenoxy) is 2. The molecule has 1 saturated carbocycles. The number of halogens is 2. The molecule has 0 amide bonds. The Morgan fingerprint density at radius 1 is 1.35 bits per heavy atom. The number of hydrogen-bond acceptors (Lipinski definition) is 3. The Hall–Kier alpha value is -0.930. The van der Waals surface area contributed by atoms with Gasteiger partial charge in [0.05, 0.1) is 6.61 Å². The van der Waals surface area contributed by atoms with Crippen molar-refractivity contribution < 1.29 is 14.3 Å². The first-order chi connectivity index (χ1) is 8.05. The van der Waals surface area contributed by atoms with Crippen LogP contribution < -0.4 is 4.74 Å². The molecule has 0 N–H and O–H groups in total. The van der Waals surface area contributed by atoms with Crippen molar-refractivity contribution in [2.75, 3.05) is 6.61 Å². The summed E-state index contributed by atoms with van der Waals surface area (Å²) in [6.45, 7) is 2.89. The molecule has 0 saturated heterocycles. The molecule has 1 atom stereocenters. The van der Waals surface area contributed by atoms with Gasteiger partial charge in [0, 0.05) is 6.42 Å². The molecular formula is C12H12Cl2O3. The average molecular weight is 275 g/mol. The first kappa shape index (κ1) is 12.5. The average Bonchev–Trinajstić information content (AvgIpc) is 2.84. The number of rotatable bonds is 5. The molecule has 0 spiro atoms. The fourth-order valence-electron chi connectivity index (χ4n) is 1.85. The molecule has 1 fully saturated rings. The quantitative estimate of drug-likeness (QED) is 0.612. The maximum atomic E-state index is 10.5. The molecule has 5 heteroatoms. The van der Waals surface area contributed by atoms with Gasteiger partial charge in [-0.05, 0) is 24.6 Å². The number of carbonyl (C=O) groups is 1. The molecule has 1 aromatic rings. The molecule has 3 nitrogen and oxygen atoms in total. The van der Waals surface area contributed by atoms with E-state index >= 15 is 0 Å². The first-order valence-electron chi connectivity index (χ1n) is 5.28. The fourth-order valence-corrected chi connectivity index (χ4v) is 2.53. The molecule has 0 radical (unpaired) electrons. The van der Waals surface area contributed by atoms with Crippen LogP contribution in [0.15, 0.2) is 24.3 Å². The van der Waals surface area contributed by atoms with Crippen LogP contribution in [0.5, 0.6) is 5.75 Å². The largest absolute Gasteiger partial charge is 0.494 e. The van der Waals surface area contributed by atoms with Crippen LogP contribution in [0.25, 0.3) is 0 Å². The van der Waals surface area contributed by atoms with E-state index in [-0.39, 0.29) is 0 Å². The summed E-state index contributed by atoms with van der Waals surface area (Å²) >= 11 is 12.1. The molecule has 92 valence electrons. The van der Waals surface area contributed by atoms with E-state index in [4.69, 9.17) is 32.7 Å². The predicted octanol–water partition coefficient (Wildman–Crippen LogP) is 3.03. The van der Waals surface area contributed by atoms with E-state index in [2.05, 4.69) is 0 Å². The van der Waals surface area contributed by atoms with Crippen molar-refractivity contribution in [2.24, 2.45) is 0 Å².